The predicted octanol–water partition coefficient (Wildman–Crippen LogP) is 1.10. The molecule has 0 bridgehead atoms. The molecular formula is C11H18N2O4S2. The van der Waals surface area contributed by atoms with Crippen molar-refractivity contribution in [2.45, 2.75) is 19.3 Å². The molecule has 8 heteroatoms. The quantitative estimate of drug-likeness (QED) is 0.572. The van der Waals surface area contributed by atoms with Crippen molar-refractivity contribution in [2.75, 3.05) is 31.0 Å². The van der Waals surface area contributed by atoms with E-state index < -0.39 is 9.84 Å². The lowest BCUT2D eigenvalue weighted by Crippen LogP contribution is -2.09. The van der Waals surface area contributed by atoms with E-state index in [0.29, 0.717) is 25.8 Å². The Morgan fingerprint density at radius 3 is 2.89 bits per heavy atom. The summed E-state index contributed by atoms with van der Waals surface area (Å²) in [6.45, 7) is 0.566. The number of hydrogen-bond donors (Lipinski definition) is 1. The molecule has 0 radical (unpaired) electrons. The molecule has 0 saturated carbocycles. The van der Waals surface area contributed by atoms with Crippen molar-refractivity contribution < 1.29 is 17.9 Å². The number of esters is 1. The van der Waals surface area contributed by atoms with Crippen LogP contribution in [-0.2, 0) is 25.8 Å². The largest absolute Gasteiger partial charge is 0.469 e. The normalized spacial score (nSPS) is 11.3. The number of hydrogen-bond acceptors (Lipinski definition) is 7. The lowest BCUT2D eigenvalue weighted by Gasteiger charge is -2.01. The van der Waals surface area contributed by atoms with Gasteiger partial charge in [0.25, 0.3) is 0 Å². The number of carbonyl (C=O) groups excluding carboxylic acids is 1. The van der Waals surface area contributed by atoms with Crippen molar-refractivity contribution in [1.82, 2.24) is 4.98 Å². The minimum absolute atomic E-state index is 0.167. The molecule has 0 amide bonds. The second kappa shape index (κ2) is 7.44. The van der Waals surface area contributed by atoms with Crippen LogP contribution in [0.1, 0.15) is 18.5 Å². The van der Waals surface area contributed by atoms with Gasteiger partial charge >= 0.3 is 5.97 Å². The van der Waals surface area contributed by atoms with E-state index in [9.17, 15) is 13.2 Å². The van der Waals surface area contributed by atoms with Crippen LogP contribution in [0.15, 0.2) is 5.38 Å². The van der Waals surface area contributed by atoms with Crippen molar-refractivity contribution in [1.29, 1.82) is 0 Å². The summed E-state index contributed by atoms with van der Waals surface area (Å²) in [7, 11) is -1.54. The summed E-state index contributed by atoms with van der Waals surface area (Å²) in [6, 6.07) is 0. The number of aromatic nitrogens is 1. The van der Waals surface area contributed by atoms with Gasteiger partial charge in [-0.1, -0.05) is 0 Å². The number of nitrogens with zero attached hydrogens (tertiary/aromatic N) is 1. The third-order valence-electron chi connectivity index (χ3n) is 2.33. The summed E-state index contributed by atoms with van der Waals surface area (Å²) in [4.78, 5) is 15.3. The van der Waals surface area contributed by atoms with Gasteiger partial charge in [0.2, 0.25) is 0 Å². The molecule has 0 aliphatic heterocycles. The number of ether oxygens (including phenoxy) is 1. The first-order valence-corrected chi connectivity index (χ1v) is 8.77. The number of carbonyl (C=O) groups is 1. The maximum Gasteiger partial charge on any atom is 0.305 e. The molecule has 0 aromatic carbocycles. The van der Waals surface area contributed by atoms with Crippen LogP contribution >= 0.6 is 11.3 Å². The van der Waals surface area contributed by atoms with Crippen molar-refractivity contribution in [2.24, 2.45) is 0 Å². The van der Waals surface area contributed by atoms with Gasteiger partial charge < -0.3 is 10.1 Å². The van der Waals surface area contributed by atoms with Gasteiger partial charge in [-0.3, -0.25) is 4.79 Å². The maximum absolute atomic E-state index is 11.0. The SMILES string of the molecule is COC(=O)CCc1csc(NCCCS(C)(=O)=O)n1. The molecule has 0 fully saturated rings. The van der Waals surface area contributed by atoms with Gasteiger partial charge in [0, 0.05) is 24.6 Å². The molecule has 19 heavy (non-hydrogen) atoms. The third-order valence-corrected chi connectivity index (χ3v) is 4.21. The Morgan fingerprint density at radius 2 is 2.26 bits per heavy atom. The van der Waals surface area contributed by atoms with Crippen LogP contribution in [0.25, 0.3) is 0 Å². The van der Waals surface area contributed by atoms with Crippen molar-refractivity contribution in [3.63, 3.8) is 0 Å². The first-order valence-electron chi connectivity index (χ1n) is 5.83. The topological polar surface area (TPSA) is 85.4 Å². The standard InChI is InChI=1S/C11H18N2O4S2/c1-17-10(14)5-4-9-8-18-11(13-9)12-6-3-7-19(2,15)16/h8H,3-7H2,1-2H3,(H,12,13). The Labute approximate surface area is 117 Å². The number of sulfone groups is 1. The zero-order chi connectivity index (χ0) is 14.3. The average Bonchev–Trinajstić information content (AvgIpc) is 2.78. The molecule has 0 atom stereocenters. The average molecular weight is 306 g/mol. The smallest absolute Gasteiger partial charge is 0.305 e. The summed E-state index contributed by atoms with van der Waals surface area (Å²) in [5.74, 6) is -0.0868. The molecule has 0 aliphatic carbocycles. The minimum atomic E-state index is -2.90. The molecule has 1 heterocycles. The number of anilines is 1. The van der Waals surface area contributed by atoms with Gasteiger partial charge in [0.15, 0.2) is 5.13 Å². The fraction of sp³-hybridized carbons (Fsp3) is 0.636. The van der Waals surface area contributed by atoms with Crippen LogP contribution in [0, 0.1) is 0 Å². The van der Waals surface area contributed by atoms with Crippen molar-refractivity contribution >= 4 is 32.3 Å². The van der Waals surface area contributed by atoms with Crippen LogP contribution in [0.4, 0.5) is 5.13 Å². The Kier molecular flexibility index (Phi) is 6.23. The highest BCUT2D eigenvalue weighted by Gasteiger charge is 2.06. The van der Waals surface area contributed by atoms with Crippen LogP contribution in [0.2, 0.25) is 0 Å². The van der Waals surface area contributed by atoms with Crippen LogP contribution < -0.4 is 5.32 Å². The number of thiazole rings is 1. The van der Waals surface area contributed by atoms with E-state index in [-0.39, 0.29) is 11.7 Å². The molecule has 1 aromatic rings. The van der Waals surface area contributed by atoms with E-state index in [1.165, 1.54) is 24.7 Å². The van der Waals surface area contributed by atoms with Crippen LogP contribution in [-0.4, -0.2) is 45.0 Å². The van der Waals surface area contributed by atoms with E-state index >= 15 is 0 Å². The van der Waals surface area contributed by atoms with Gasteiger partial charge in [0.05, 0.1) is 25.0 Å². The molecule has 1 aromatic heterocycles. The lowest BCUT2D eigenvalue weighted by atomic mass is 10.2. The zero-order valence-corrected chi connectivity index (χ0v) is 12.6. The van der Waals surface area contributed by atoms with Crippen LogP contribution in [0.5, 0.6) is 0 Å². The molecular weight excluding hydrogens is 288 g/mol. The monoisotopic (exact) mass is 306 g/mol. The summed E-state index contributed by atoms with van der Waals surface area (Å²) < 4.78 is 26.4. The van der Waals surface area contributed by atoms with Crippen LogP contribution in [0.3, 0.4) is 0 Å². The predicted molar refractivity (Wildman–Crippen MR) is 75.3 cm³/mol. The molecule has 0 unspecified atom stereocenters. The molecule has 0 aliphatic rings. The van der Waals surface area contributed by atoms with E-state index in [1.807, 2.05) is 5.38 Å². The minimum Gasteiger partial charge on any atom is -0.469 e. The van der Waals surface area contributed by atoms with E-state index in [2.05, 4.69) is 15.0 Å². The van der Waals surface area contributed by atoms with Gasteiger partial charge in [-0.2, -0.15) is 0 Å². The van der Waals surface area contributed by atoms with E-state index in [4.69, 9.17) is 0 Å². The number of methoxy groups -OCH3 is 1. The van der Waals surface area contributed by atoms with E-state index in [0.717, 1.165) is 10.8 Å². The zero-order valence-electron chi connectivity index (χ0n) is 11.0. The fourth-order valence-corrected chi connectivity index (χ4v) is 2.81. The van der Waals surface area contributed by atoms with Gasteiger partial charge in [0.1, 0.15) is 9.84 Å². The highest BCUT2D eigenvalue weighted by Crippen LogP contribution is 2.16. The number of rotatable bonds is 8. The highest BCUT2D eigenvalue weighted by molar-refractivity contribution is 7.90. The van der Waals surface area contributed by atoms with Crippen molar-refractivity contribution in [3.05, 3.63) is 11.1 Å². The Bertz CT molecular complexity index is 511. The molecule has 0 spiro atoms. The Balaban J connectivity index is 2.29. The molecule has 1 N–H and O–H groups in total. The summed E-state index contributed by atoms with van der Waals surface area (Å²) in [5, 5.41) is 5.69. The number of aryl methyl sites for hydroxylation is 1. The Hall–Kier alpha value is -1.15. The van der Waals surface area contributed by atoms with Gasteiger partial charge in [-0.15, -0.1) is 11.3 Å². The molecule has 6 nitrogen and oxygen atoms in total. The number of nitrogens with one attached hydrogen (secondary N) is 1. The van der Waals surface area contributed by atoms with E-state index in [1.54, 1.807) is 0 Å². The fourth-order valence-electron chi connectivity index (χ4n) is 1.36. The molecule has 1 rings (SSSR count). The molecule has 0 saturated heterocycles. The van der Waals surface area contributed by atoms with Gasteiger partial charge in [-0.25, -0.2) is 13.4 Å². The summed E-state index contributed by atoms with van der Waals surface area (Å²) >= 11 is 1.44. The maximum atomic E-state index is 11.0. The summed E-state index contributed by atoms with van der Waals surface area (Å²) in [6.07, 6.45) is 2.64. The first kappa shape index (κ1) is 15.9. The highest BCUT2D eigenvalue weighted by atomic mass is 32.2. The second-order valence-corrected chi connectivity index (χ2v) is 7.25. The van der Waals surface area contributed by atoms with Gasteiger partial charge in [-0.05, 0) is 6.42 Å². The van der Waals surface area contributed by atoms with Crippen molar-refractivity contribution in [3.8, 4) is 0 Å². The molecule has 108 valence electrons. The summed E-state index contributed by atoms with van der Waals surface area (Å²) in [5.41, 5.74) is 0.834. The first-order chi connectivity index (χ1) is 8.90. The third kappa shape index (κ3) is 7.12. The lowest BCUT2D eigenvalue weighted by molar-refractivity contribution is -0.140. The second-order valence-electron chi connectivity index (χ2n) is 4.13. The Morgan fingerprint density at radius 1 is 1.53 bits per heavy atom.